The van der Waals surface area contributed by atoms with Crippen molar-refractivity contribution >= 4 is 11.8 Å². The molecule has 3 saturated heterocycles. The molecule has 0 aromatic carbocycles. The van der Waals surface area contributed by atoms with Gasteiger partial charge in [0.15, 0.2) is 18.9 Å². The van der Waals surface area contributed by atoms with Gasteiger partial charge in [0.2, 0.25) is 0 Å². The largest absolute Gasteiger partial charge is 0.481 e. The van der Waals surface area contributed by atoms with Crippen LogP contribution in [0.15, 0.2) is 11.6 Å². The van der Waals surface area contributed by atoms with Crippen molar-refractivity contribution in [3.63, 3.8) is 0 Å². The number of Topliss-reactive ketones (excluding diaryl/α,β-unsaturated/α-hetero) is 1. The number of carboxylic acids is 1. The Morgan fingerprint density at radius 1 is 0.727 bits per heavy atom. The summed E-state index contributed by atoms with van der Waals surface area (Å²) < 4.78 is 36.5. The van der Waals surface area contributed by atoms with Crippen molar-refractivity contribution in [1.29, 1.82) is 0 Å². The van der Waals surface area contributed by atoms with E-state index in [2.05, 4.69) is 26.8 Å². The van der Waals surface area contributed by atoms with Crippen LogP contribution < -0.4 is 0 Å². The molecular formula is C48H76O18. The average molecular weight is 941 g/mol. The van der Waals surface area contributed by atoms with E-state index in [9.17, 15) is 60.7 Å². The van der Waals surface area contributed by atoms with Gasteiger partial charge in [-0.15, -0.1) is 0 Å². The second-order valence-electron chi connectivity index (χ2n) is 22.8. The van der Waals surface area contributed by atoms with E-state index in [0.717, 1.165) is 25.7 Å². The molecule has 0 aromatic rings. The highest BCUT2D eigenvalue weighted by molar-refractivity contribution is 5.83. The van der Waals surface area contributed by atoms with E-state index in [1.54, 1.807) is 6.92 Å². The number of ketones is 1. The third-order valence-electron chi connectivity index (χ3n) is 19.7. The van der Waals surface area contributed by atoms with E-state index in [1.165, 1.54) is 12.5 Å². The number of aliphatic carboxylic acids is 1. The van der Waals surface area contributed by atoms with Gasteiger partial charge in [0.05, 0.1) is 37.4 Å². The van der Waals surface area contributed by atoms with Crippen LogP contribution in [0.4, 0.5) is 0 Å². The first-order chi connectivity index (χ1) is 30.9. The number of fused-ring (bicyclic) bond motifs is 7. The molecule has 24 atom stereocenters. The summed E-state index contributed by atoms with van der Waals surface area (Å²) in [4.78, 5) is 26.3. The first-order valence-electron chi connectivity index (χ1n) is 24.2. The van der Waals surface area contributed by atoms with E-state index in [4.69, 9.17) is 28.4 Å². The number of hydrogen-bond acceptors (Lipinski definition) is 17. The number of aliphatic hydroxyl groups is 9. The van der Waals surface area contributed by atoms with Crippen molar-refractivity contribution in [3.8, 4) is 0 Å². The predicted molar refractivity (Wildman–Crippen MR) is 230 cm³/mol. The molecule has 8 rings (SSSR count). The van der Waals surface area contributed by atoms with Crippen LogP contribution in [0, 0.1) is 50.2 Å². The van der Waals surface area contributed by atoms with Gasteiger partial charge in [-0.1, -0.05) is 46.3 Å². The van der Waals surface area contributed by atoms with Gasteiger partial charge in [0.1, 0.15) is 66.8 Å². The van der Waals surface area contributed by atoms with Crippen molar-refractivity contribution in [1.82, 2.24) is 0 Å². The molecule has 7 fully saturated rings. The lowest BCUT2D eigenvalue weighted by Gasteiger charge is -2.71. The number of ether oxygens (including phenoxy) is 6. The van der Waals surface area contributed by atoms with E-state index >= 15 is 0 Å². The molecule has 5 aliphatic carbocycles. The molecule has 4 saturated carbocycles. The van der Waals surface area contributed by atoms with Crippen LogP contribution in [-0.4, -0.2) is 175 Å². The fourth-order valence-electron chi connectivity index (χ4n) is 14.9. The molecule has 0 amide bonds. The normalized spacial score (nSPS) is 55.1. The number of aliphatic hydroxyl groups excluding tert-OH is 9. The molecule has 10 N–H and O–H groups in total. The van der Waals surface area contributed by atoms with Gasteiger partial charge in [-0.05, 0) is 112 Å². The minimum Gasteiger partial charge on any atom is -0.481 e. The van der Waals surface area contributed by atoms with Gasteiger partial charge in [-0.2, -0.15) is 0 Å². The Hall–Kier alpha value is -1.72. The molecule has 376 valence electrons. The number of hydrogen-bond donors (Lipinski definition) is 10. The maximum absolute atomic E-state index is 13.2. The summed E-state index contributed by atoms with van der Waals surface area (Å²) in [7, 11) is 0. The molecule has 0 unspecified atom stereocenters. The molecule has 18 heteroatoms. The average Bonchev–Trinajstić information content (AvgIpc) is 3.27. The molecule has 3 heterocycles. The third kappa shape index (κ3) is 7.61. The number of carbonyl (C=O) groups excluding carboxylic acids is 1. The van der Waals surface area contributed by atoms with Crippen LogP contribution in [0.1, 0.15) is 113 Å². The van der Waals surface area contributed by atoms with Crippen molar-refractivity contribution in [3.05, 3.63) is 11.6 Å². The summed E-state index contributed by atoms with van der Waals surface area (Å²) in [6, 6.07) is 0. The SMILES string of the molecule is CC(=O)[C@@]1(C)CC[C@]2(C(=O)O)CC[C@]3(C)C(=CC[C@@H]4[C@@]5(C)CC[C@H](O[C@@H]6OC[C@@H](O)[C@H](O)[C@H]6O[C@@H]6O[C@H](CO)[C@@H](O)[C@H](O)[C@H]6O[C@@H]6O[C@@H](C)[C@H](O)[C@@H](O)[C@H]6O)[C@@](C)(CO)[C@@H]5CC[C@]43C)[C@@H]2C1. The lowest BCUT2D eigenvalue weighted by Crippen LogP contribution is -2.67. The Morgan fingerprint density at radius 3 is 2.05 bits per heavy atom. The fourth-order valence-corrected chi connectivity index (χ4v) is 14.9. The van der Waals surface area contributed by atoms with Crippen molar-refractivity contribution in [2.24, 2.45) is 50.2 Å². The van der Waals surface area contributed by atoms with Crippen LogP contribution in [-0.2, 0) is 38.0 Å². The third-order valence-corrected chi connectivity index (χ3v) is 19.7. The summed E-state index contributed by atoms with van der Waals surface area (Å²) in [5.41, 5.74) is -1.97. The highest BCUT2D eigenvalue weighted by atomic mass is 16.8. The summed E-state index contributed by atoms with van der Waals surface area (Å²) in [5.74, 6) is -0.795. The van der Waals surface area contributed by atoms with Crippen LogP contribution in [0.3, 0.4) is 0 Å². The van der Waals surface area contributed by atoms with E-state index in [1.807, 2.05) is 13.8 Å². The quantitative estimate of drug-likeness (QED) is 0.108. The van der Waals surface area contributed by atoms with Crippen molar-refractivity contribution in [2.45, 2.75) is 205 Å². The highest BCUT2D eigenvalue weighted by Gasteiger charge is 2.70. The molecule has 8 aliphatic rings. The zero-order valence-electron chi connectivity index (χ0n) is 39.4. The second kappa shape index (κ2) is 17.8. The van der Waals surface area contributed by atoms with E-state index < -0.39 is 121 Å². The van der Waals surface area contributed by atoms with E-state index in [0.29, 0.717) is 38.5 Å². The minimum absolute atomic E-state index is 0.0548. The Balaban J connectivity index is 1.05. The minimum atomic E-state index is -1.84. The monoisotopic (exact) mass is 941 g/mol. The lowest BCUT2D eigenvalue weighted by atomic mass is 9.33. The molecule has 0 spiro atoms. The molecule has 0 radical (unpaired) electrons. The van der Waals surface area contributed by atoms with Gasteiger partial charge in [0, 0.05) is 10.8 Å². The fraction of sp³-hybridized carbons (Fsp3) is 0.917. The van der Waals surface area contributed by atoms with Gasteiger partial charge in [-0.25, -0.2) is 0 Å². The molecular weight excluding hydrogens is 865 g/mol. The van der Waals surface area contributed by atoms with Gasteiger partial charge < -0.3 is 79.5 Å². The predicted octanol–water partition coefficient (Wildman–Crippen LogP) is 0.914. The smallest absolute Gasteiger partial charge is 0.310 e. The Kier molecular flexibility index (Phi) is 13.7. The molecule has 18 nitrogen and oxygen atoms in total. The summed E-state index contributed by atoms with van der Waals surface area (Å²) >= 11 is 0. The topological polar surface area (TPSA) is 292 Å². The first-order valence-corrected chi connectivity index (χ1v) is 24.2. The second-order valence-corrected chi connectivity index (χ2v) is 22.8. The highest BCUT2D eigenvalue weighted by Crippen LogP contribution is 2.76. The molecule has 0 aromatic heterocycles. The molecule has 0 bridgehead atoms. The van der Waals surface area contributed by atoms with Gasteiger partial charge in [-0.3, -0.25) is 9.59 Å². The van der Waals surface area contributed by atoms with Crippen molar-refractivity contribution in [2.75, 3.05) is 19.8 Å². The standard InChI is InChI=1S/C48H76O18/c1-22-31(53)34(56)36(58)39(62-22)65-38-35(57)33(55)27(19-49)63-41(38)66-37-32(54)26(52)20-61-40(37)64-30-11-12-44(4)28(45(30,5)21-50)10-13-47(7)29(44)9-8-24-25-18-43(3,23(2)51)14-16-48(25,42(59)60)17-15-46(24,47)6/h8,22,25-41,49-50,52-58H,9-21H2,1-7H3,(H,59,60)/t22-,25-,26+,27+,28+,29+,30-,31-,32-,33+,34+,35-,36+,37+,38+,39-,40-,41-,43-,44-,45-,46+,47+,48-/m0/s1. The van der Waals surface area contributed by atoms with Crippen LogP contribution >= 0.6 is 0 Å². The summed E-state index contributed by atoms with van der Waals surface area (Å²) in [6.07, 6.45) is -14.1. The molecule has 3 aliphatic heterocycles. The molecule has 66 heavy (non-hydrogen) atoms. The number of carboxylic acid groups (broad SMARTS) is 1. The summed E-state index contributed by atoms with van der Waals surface area (Å²) in [5, 5.41) is 108. The Labute approximate surface area is 386 Å². The van der Waals surface area contributed by atoms with Crippen LogP contribution in [0.2, 0.25) is 0 Å². The maximum Gasteiger partial charge on any atom is 0.310 e. The zero-order chi connectivity index (χ0) is 48.3. The Bertz CT molecular complexity index is 1850. The van der Waals surface area contributed by atoms with E-state index in [-0.39, 0.29) is 53.0 Å². The lowest BCUT2D eigenvalue weighted by molar-refractivity contribution is -0.392. The Morgan fingerprint density at radius 2 is 1.39 bits per heavy atom. The maximum atomic E-state index is 13.2. The zero-order valence-corrected chi connectivity index (χ0v) is 39.4. The summed E-state index contributed by atoms with van der Waals surface area (Å²) in [6.45, 7) is 12.7. The number of allylic oxidation sites excluding steroid dienone is 2. The van der Waals surface area contributed by atoms with Crippen LogP contribution in [0.5, 0.6) is 0 Å². The first kappa shape index (κ1) is 50.7. The number of carbonyl (C=O) groups is 2. The van der Waals surface area contributed by atoms with Gasteiger partial charge in [0.25, 0.3) is 0 Å². The van der Waals surface area contributed by atoms with Gasteiger partial charge >= 0.3 is 5.97 Å². The van der Waals surface area contributed by atoms with Crippen LogP contribution in [0.25, 0.3) is 0 Å². The van der Waals surface area contributed by atoms with Crippen molar-refractivity contribution < 1.29 is 89.1 Å². The number of rotatable bonds is 10.